The summed E-state index contributed by atoms with van der Waals surface area (Å²) < 4.78 is 17.9. The molecule has 1 N–H and O–H groups in total. The number of nitrogens with one attached hydrogen (secondary N) is 1. The van der Waals surface area contributed by atoms with E-state index >= 15 is 0 Å². The molecule has 0 bridgehead atoms. The smallest absolute Gasteiger partial charge is 0.311 e. The van der Waals surface area contributed by atoms with Gasteiger partial charge in [-0.2, -0.15) is 0 Å². The van der Waals surface area contributed by atoms with Crippen molar-refractivity contribution < 1.29 is 18.7 Å². The van der Waals surface area contributed by atoms with Crippen molar-refractivity contribution in [3.05, 3.63) is 70.5 Å². The molecule has 0 aliphatic rings. The largest absolute Gasteiger partial charge is 0.452 e. The zero-order valence-corrected chi connectivity index (χ0v) is 13.8. The molecule has 4 nitrogen and oxygen atoms in total. The lowest BCUT2D eigenvalue weighted by Gasteiger charge is -2.14. The van der Waals surface area contributed by atoms with Gasteiger partial charge in [0, 0.05) is 11.6 Å². The van der Waals surface area contributed by atoms with Crippen LogP contribution in [0.5, 0.6) is 0 Å². The summed E-state index contributed by atoms with van der Waals surface area (Å²) in [5.41, 5.74) is 1.39. The lowest BCUT2D eigenvalue weighted by molar-refractivity contribution is -0.154. The molecular formula is C18H17ClFNO3. The predicted molar refractivity (Wildman–Crippen MR) is 89.0 cm³/mol. The SMILES string of the molecule is C[C@H](OC(=O)Cc1ccccc1Cl)C(=O)NCc1ccc(F)cc1. The first-order valence-corrected chi connectivity index (χ1v) is 7.78. The summed E-state index contributed by atoms with van der Waals surface area (Å²) >= 11 is 5.98. The standard InChI is InChI=1S/C18H17ClFNO3/c1-12(18(23)21-11-13-6-8-15(20)9-7-13)24-17(22)10-14-4-2-3-5-16(14)19/h2-9,12H,10-11H2,1H3,(H,21,23)/t12-/m0/s1. The third kappa shape index (κ3) is 5.35. The van der Waals surface area contributed by atoms with Gasteiger partial charge in [-0.1, -0.05) is 41.9 Å². The van der Waals surface area contributed by atoms with Gasteiger partial charge in [-0.3, -0.25) is 9.59 Å². The quantitative estimate of drug-likeness (QED) is 0.814. The number of esters is 1. The Bertz CT molecular complexity index is 718. The fraction of sp³-hybridized carbons (Fsp3) is 0.222. The normalized spacial score (nSPS) is 11.6. The lowest BCUT2D eigenvalue weighted by atomic mass is 10.1. The van der Waals surface area contributed by atoms with E-state index in [1.165, 1.54) is 19.1 Å². The molecular weight excluding hydrogens is 333 g/mol. The molecule has 0 saturated heterocycles. The van der Waals surface area contributed by atoms with E-state index < -0.39 is 18.0 Å². The minimum atomic E-state index is -0.930. The van der Waals surface area contributed by atoms with Crippen molar-refractivity contribution in [2.75, 3.05) is 0 Å². The Labute approximate surface area is 144 Å². The van der Waals surface area contributed by atoms with E-state index in [0.717, 1.165) is 5.56 Å². The van der Waals surface area contributed by atoms with Crippen LogP contribution in [0.4, 0.5) is 4.39 Å². The number of ether oxygens (including phenoxy) is 1. The van der Waals surface area contributed by atoms with Crippen LogP contribution in [-0.2, 0) is 27.3 Å². The Morgan fingerprint density at radius 1 is 1.17 bits per heavy atom. The van der Waals surface area contributed by atoms with Crippen LogP contribution in [0.25, 0.3) is 0 Å². The van der Waals surface area contributed by atoms with E-state index in [-0.39, 0.29) is 18.8 Å². The molecule has 6 heteroatoms. The van der Waals surface area contributed by atoms with E-state index in [1.54, 1.807) is 36.4 Å². The number of hydrogen-bond donors (Lipinski definition) is 1. The topological polar surface area (TPSA) is 55.4 Å². The van der Waals surface area contributed by atoms with Crippen molar-refractivity contribution in [2.45, 2.75) is 26.0 Å². The summed E-state index contributed by atoms with van der Waals surface area (Å²) in [6.45, 7) is 1.72. The molecule has 0 fully saturated rings. The maximum Gasteiger partial charge on any atom is 0.311 e. The molecule has 0 aliphatic heterocycles. The number of benzene rings is 2. The summed E-state index contributed by atoms with van der Waals surface area (Å²) in [5.74, 6) is -1.30. The maximum absolute atomic E-state index is 12.8. The average Bonchev–Trinajstić information content (AvgIpc) is 2.56. The van der Waals surface area contributed by atoms with Crippen LogP contribution in [0.1, 0.15) is 18.1 Å². The maximum atomic E-state index is 12.8. The van der Waals surface area contributed by atoms with E-state index in [2.05, 4.69) is 5.32 Å². The summed E-state index contributed by atoms with van der Waals surface area (Å²) in [6, 6.07) is 12.7. The van der Waals surface area contributed by atoms with Gasteiger partial charge in [0.05, 0.1) is 6.42 Å². The van der Waals surface area contributed by atoms with Crippen LogP contribution >= 0.6 is 11.6 Å². The zero-order valence-electron chi connectivity index (χ0n) is 13.1. The molecule has 24 heavy (non-hydrogen) atoms. The molecule has 0 radical (unpaired) electrons. The molecule has 0 aliphatic carbocycles. The molecule has 0 aromatic heterocycles. The summed E-state index contributed by atoms with van der Waals surface area (Å²) in [5, 5.41) is 3.11. The summed E-state index contributed by atoms with van der Waals surface area (Å²) in [4.78, 5) is 23.8. The third-order valence-electron chi connectivity index (χ3n) is 3.35. The van der Waals surface area contributed by atoms with Crippen molar-refractivity contribution in [1.29, 1.82) is 0 Å². The molecule has 2 rings (SSSR count). The van der Waals surface area contributed by atoms with Gasteiger partial charge in [0.15, 0.2) is 6.10 Å². The third-order valence-corrected chi connectivity index (χ3v) is 3.72. The Kier molecular flexibility index (Phi) is 6.32. The van der Waals surface area contributed by atoms with Crippen LogP contribution in [0.15, 0.2) is 48.5 Å². The minimum Gasteiger partial charge on any atom is -0.452 e. The number of amides is 1. The second-order valence-electron chi connectivity index (χ2n) is 5.24. The van der Waals surface area contributed by atoms with Crippen molar-refractivity contribution >= 4 is 23.5 Å². The minimum absolute atomic E-state index is 0.00471. The first-order chi connectivity index (χ1) is 11.5. The molecule has 2 aromatic rings. The highest BCUT2D eigenvalue weighted by molar-refractivity contribution is 6.31. The van der Waals surface area contributed by atoms with Crippen LogP contribution in [0.2, 0.25) is 5.02 Å². The molecule has 0 saturated carbocycles. The van der Waals surface area contributed by atoms with E-state index in [0.29, 0.717) is 10.6 Å². The zero-order chi connectivity index (χ0) is 17.5. The Morgan fingerprint density at radius 3 is 2.50 bits per heavy atom. The van der Waals surface area contributed by atoms with Gasteiger partial charge in [0.1, 0.15) is 5.82 Å². The average molecular weight is 350 g/mol. The highest BCUT2D eigenvalue weighted by Gasteiger charge is 2.18. The van der Waals surface area contributed by atoms with E-state index in [9.17, 15) is 14.0 Å². The number of rotatable bonds is 6. The first-order valence-electron chi connectivity index (χ1n) is 7.40. The van der Waals surface area contributed by atoms with Crippen molar-refractivity contribution in [1.82, 2.24) is 5.32 Å². The van der Waals surface area contributed by atoms with Gasteiger partial charge in [0.25, 0.3) is 5.91 Å². The highest BCUT2D eigenvalue weighted by Crippen LogP contribution is 2.16. The second-order valence-corrected chi connectivity index (χ2v) is 5.65. The summed E-state index contributed by atoms with van der Waals surface area (Å²) in [6.07, 6.45) is -0.935. The van der Waals surface area contributed by atoms with E-state index in [4.69, 9.17) is 16.3 Å². The molecule has 0 spiro atoms. The monoisotopic (exact) mass is 349 g/mol. The van der Waals surface area contributed by atoms with E-state index in [1.807, 2.05) is 0 Å². The molecule has 0 heterocycles. The van der Waals surface area contributed by atoms with Crippen molar-refractivity contribution in [3.63, 3.8) is 0 Å². The molecule has 1 atom stereocenters. The fourth-order valence-electron chi connectivity index (χ4n) is 2.02. The first kappa shape index (κ1) is 17.9. The predicted octanol–water partition coefficient (Wildman–Crippen LogP) is 3.27. The van der Waals surface area contributed by atoms with Gasteiger partial charge >= 0.3 is 5.97 Å². The van der Waals surface area contributed by atoms with Crippen molar-refractivity contribution in [2.24, 2.45) is 0 Å². The molecule has 2 aromatic carbocycles. The number of hydrogen-bond acceptors (Lipinski definition) is 3. The highest BCUT2D eigenvalue weighted by atomic mass is 35.5. The Balaban J connectivity index is 1.81. The van der Waals surface area contributed by atoms with Crippen LogP contribution in [0, 0.1) is 5.82 Å². The van der Waals surface area contributed by atoms with Gasteiger partial charge in [0.2, 0.25) is 0 Å². The molecule has 0 unspecified atom stereocenters. The van der Waals surface area contributed by atoms with Crippen molar-refractivity contribution in [3.8, 4) is 0 Å². The number of carbonyl (C=O) groups is 2. The van der Waals surface area contributed by atoms with Crippen LogP contribution < -0.4 is 5.32 Å². The van der Waals surface area contributed by atoms with Gasteiger partial charge in [-0.25, -0.2) is 4.39 Å². The fourth-order valence-corrected chi connectivity index (χ4v) is 2.23. The second kappa shape index (κ2) is 8.45. The number of halogens is 2. The van der Waals surface area contributed by atoms with Gasteiger partial charge < -0.3 is 10.1 Å². The Morgan fingerprint density at radius 2 is 1.83 bits per heavy atom. The van der Waals surface area contributed by atoms with Gasteiger partial charge in [-0.05, 0) is 36.2 Å². The van der Waals surface area contributed by atoms with Gasteiger partial charge in [-0.15, -0.1) is 0 Å². The van der Waals surface area contributed by atoms with Crippen LogP contribution in [-0.4, -0.2) is 18.0 Å². The lowest BCUT2D eigenvalue weighted by Crippen LogP contribution is -2.35. The molecule has 126 valence electrons. The number of carbonyl (C=O) groups excluding carboxylic acids is 2. The Hall–Kier alpha value is -2.40. The molecule has 1 amide bonds. The van der Waals surface area contributed by atoms with Crippen LogP contribution in [0.3, 0.4) is 0 Å². The summed E-state index contributed by atoms with van der Waals surface area (Å²) in [7, 11) is 0.